The highest BCUT2D eigenvalue weighted by Crippen LogP contribution is 2.33. The Balaban J connectivity index is 2.36. The van der Waals surface area contributed by atoms with Crippen molar-refractivity contribution in [1.29, 1.82) is 0 Å². The third-order valence-corrected chi connectivity index (χ3v) is 3.81. The molecule has 2 N–H and O–H groups in total. The Kier molecular flexibility index (Phi) is 4.27. The van der Waals surface area contributed by atoms with Crippen molar-refractivity contribution in [2.75, 3.05) is 0 Å². The van der Waals surface area contributed by atoms with Gasteiger partial charge < -0.3 is 10.5 Å². The first-order chi connectivity index (χ1) is 8.61. The molecule has 0 aliphatic carbocycles. The number of halogens is 2. The second-order valence-electron chi connectivity index (χ2n) is 3.95. The van der Waals surface area contributed by atoms with Crippen molar-refractivity contribution in [2.24, 2.45) is 5.73 Å². The van der Waals surface area contributed by atoms with E-state index in [0.29, 0.717) is 17.3 Å². The third kappa shape index (κ3) is 2.86. The van der Waals surface area contributed by atoms with Gasteiger partial charge in [0.15, 0.2) is 0 Å². The molecule has 2 nitrogen and oxygen atoms in total. The second kappa shape index (κ2) is 5.74. The molecule has 0 atom stereocenters. The van der Waals surface area contributed by atoms with Crippen molar-refractivity contribution in [2.45, 2.75) is 13.5 Å². The largest absolute Gasteiger partial charge is 0.455 e. The van der Waals surface area contributed by atoms with E-state index in [1.807, 2.05) is 37.3 Å². The summed E-state index contributed by atoms with van der Waals surface area (Å²) < 4.78 is 6.88. The molecule has 0 aliphatic heterocycles. The van der Waals surface area contributed by atoms with Crippen LogP contribution in [-0.4, -0.2) is 0 Å². The molecule has 94 valence electrons. The molecule has 0 spiro atoms. The molecule has 0 heterocycles. The van der Waals surface area contributed by atoms with Crippen LogP contribution in [0.4, 0.5) is 0 Å². The second-order valence-corrected chi connectivity index (χ2v) is 5.21. The van der Waals surface area contributed by atoms with Crippen LogP contribution in [0.5, 0.6) is 11.5 Å². The summed E-state index contributed by atoms with van der Waals surface area (Å²) >= 11 is 9.60. The number of hydrogen-bond acceptors (Lipinski definition) is 2. The summed E-state index contributed by atoms with van der Waals surface area (Å²) in [6.45, 7) is 2.40. The quantitative estimate of drug-likeness (QED) is 0.890. The van der Waals surface area contributed by atoms with Gasteiger partial charge >= 0.3 is 0 Å². The first-order valence-electron chi connectivity index (χ1n) is 5.53. The van der Waals surface area contributed by atoms with E-state index in [4.69, 9.17) is 22.1 Å². The van der Waals surface area contributed by atoms with Crippen molar-refractivity contribution >= 4 is 27.5 Å². The van der Waals surface area contributed by atoms with E-state index in [0.717, 1.165) is 21.3 Å². The molecule has 2 aromatic carbocycles. The zero-order valence-electron chi connectivity index (χ0n) is 9.91. The smallest absolute Gasteiger partial charge is 0.150 e. The van der Waals surface area contributed by atoms with Gasteiger partial charge in [0.2, 0.25) is 0 Å². The Labute approximate surface area is 120 Å². The first-order valence-corrected chi connectivity index (χ1v) is 6.70. The molecule has 0 fully saturated rings. The minimum Gasteiger partial charge on any atom is -0.455 e. The van der Waals surface area contributed by atoms with Gasteiger partial charge in [0, 0.05) is 16.6 Å². The topological polar surface area (TPSA) is 35.2 Å². The van der Waals surface area contributed by atoms with Gasteiger partial charge in [-0.3, -0.25) is 0 Å². The maximum Gasteiger partial charge on any atom is 0.150 e. The normalized spacial score (nSPS) is 10.4. The highest BCUT2D eigenvalue weighted by Gasteiger charge is 2.09. The molecule has 0 bridgehead atoms. The van der Waals surface area contributed by atoms with Crippen LogP contribution in [0.1, 0.15) is 11.1 Å². The monoisotopic (exact) mass is 325 g/mol. The Hall–Kier alpha value is -1.03. The molecular weight excluding hydrogens is 314 g/mol. The minimum absolute atomic E-state index is 0.394. The van der Waals surface area contributed by atoms with Gasteiger partial charge in [-0.25, -0.2) is 0 Å². The van der Waals surface area contributed by atoms with E-state index < -0.39 is 0 Å². The number of aryl methyl sites for hydroxylation is 1. The minimum atomic E-state index is 0.394. The molecule has 0 amide bonds. The van der Waals surface area contributed by atoms with Gasteiger partial charge in [0.1, 0.15) is 11.5 Å². The summed E-state index contributed by atoms with van der Waals surface area (Å²) in [5, 5.41) is 0.568. The molecule has 0 saturated carbocycles. The van der Waals surface area contributed by atoms with Crippen LogP contribution in [0, 0.1) is 6.92 Å². The lowest BCUT2D eigenvalue weighted by molar-refractivity contribution is 0.476. The van der Waals surface area contributed by atoms with E-state index in [2.05, 4.69) is 15.9 Å². The molecular formula is C14H13BrClNO. The van der Waals surface area contributed by atoms with E-state index >= 15 is 0 Å². The van der Waals surface area contributed by atoms with Crippen LogP contribution in [0.15, 0.2) is 40.9 Å². The molecule has 18 heavy (non-hydrogen) atoms. The number of para-hydroxylation sites is 1. The fourth-order valence-electron chi connectivity index (χ4n) is 1.63. The van der Waals surface area contributed by atoms with Crippen LogP contribution < -0.4 is 10.5 Å². The molecule has 0 unspecified atom stereocenters. The third-order valence-electron chi connectivity index (χ3n) is 2.62. The van der Waals surface area contributed by atoms with E-state index in [1.54, 1.807) is 6.07 Å². The van der Waals surface area contributed by atoms with E-state index in [1.165, 1.54) is 0 Å². The number of nitrogens with two attached hydrogens (primary N) is 1. The zero-order valence-corrected chi connectivity index (χ0v) is 12.3. The number of ether oxygens (including phenoxy) is 1. The van der Waals surface area contributed by atoms with E-state index in [-0.39, 0.29) is 0 Å². The lowest BCUT2D eigenvalue weighted by Crippen LogP contribution is -1.99. The predicted molar refractivity (Wildman–Crippen MR) is 78.3 cm³/mol. The van der Waals surface area contributed by atoms with Gasteiger partial charge in [-0.05, 0) is 36.8 Å². The van der Waals surface area contributed by atoms with Gasteiger partial charge in [-0.1, -0.05) is 39.7 Å². The van der Waals surface area contributed by atoms with Gasteiger partial charge in [0.05, 0.1) is 5.02 Å². The average Bonchev–Trinajstić information content (AvgIpc) is 2.36. The van der Waals surface area contributed by atoms with Crippen LogP contribution in [0.25, 0.3) is 0 Å². The van der Waals surface area contributed by atoms with Gasteiger partial charge in [-0.15, -0.1) is 0 Å². The molecule has 0 aromatic heterocycles. The number of benzene rings is 2. The van der Waals surface area contributed by atoms with Crippen molar-refractivity contribution in [3.05, 3.63) is 57.0 Å². The summed E-state index contributed by atoms with van der Waals surface area (Å²) in [6.07, 6.45) is 0. The van der Waals surface area contributed by atoms with Crippen molar-refractivity contribution < 1.29 is 4.74 Å². The van der Waals surface area contributed by atoms with Gasteiger partial charge in [-0.2, -0.15) is 0 Å². The predicted octanol–water partition coefficient (Wildman–Crippen LogP) is 4.66. The summed E-state index contributed by atoms with van der Waals surface area (Å²) in [5.41, 5.74) is 7.68. The van der Waals surface area contributed by atoms with Crippen molar-refractivity contribution in [1.82, 2.24) is 0 Å². The molecule has 4 heteroatoms. The molecule has 0 aliphatic rings. The molecule has 2 aromatic rings. The Morgan fingerprint density at radius 2 is 2.06 bits per heavy atom. The highest BCUT2D eigenvalue weighted by molar-refractivity contribution is 9.10. The van der Waals surface area contributed by atoms with Gasteiger partial charge in [0.25, 0.3) is 0 Å². The summed E-state index contributed by atoms with van der Waals surface area (Å²) in [5.74, 6) is 1.38. The van der Waals surface area contributed by atoms with Crippen molar-refractivity contribution in [3.8, 4) is 11.5 Å². The maximum atomic E-state index is 6.14. The summed E-state index contributed by atoms with van der Waals surface area (Å²) in [6, 6.07) is 11.4. The van der Waals surface area contributed by atoms with Crippen molar-refractivity contribution in [3.63, 3.8) is 0 Å². The Morgan fingerprint density at radius 3 is 2.72 bits per heavy atom. The summed E-state index contributed by atoms with van der Waals surface area (Å²) in [7, 11) is 0. The molecule has 0 radical (unpaired) electrons. The highest BCUT2D eigenvalue weighted by atomic mass is 79.9. The fraction of sp³-hybridized carbons (Fsp3) is 0.143. The zero-order chi connectivity index (χ0) is 13.1. The van der Waals surface area contributed by atoms with Crippen LogP contribution >= 0.6 is 27.5 Å². The maximum absolute atomic E-state index is 6.14. The summed E-state index contributed by atoms with van der Waals surface area (Å²) in [4.78, 5) is 0. The number of rotatable bonds is 3. The van der Waals surface area contributed by atoms with Crippen LogP contribution in [-0.2, 0) is 6.54 Å². The molecule has 2 rings (SSSR count). The molecule has 0 saturated heterocycles. The van der Waals surface area contributed by atoms with Crippen LogP contribution in [0.3, 0.4) is 0 Å². The standard InChI is InChI=1S/C14H13BrClNO/c1-9-7-11(5-6-12(9)15)18-14-10(8-17)3-2-4-13(14)16/h2-7H,8,17H2,1H3. The Bertz CT molecular complexity index is 572. The SMILES string of the molecule is Cc1cc(Oc2c(Cl)cccc2CN)ccc1Br. The Morgan fingerprint density at radius 1 is 1.28 bits per heavy atom. The first kappa shape index (κ1) is 13.4. The fourth-order valence-corrected chi connectivity index (χ4v) is 2.11. The lowest BCUT2D eigenvalue weighted by Gasteiger charge is -2.12. The average molecular weight is 327 g/mol. The van der Waals surface area contributed by atoms with Crippen LogP contribution in [0.2, 0.25) is 5.02 Å². The lowest BCUT2D eigenvalue weighted by atomic mass is 10.2. The number of hydrogen-bond donors (Lipinski definition) is 1. The van der Waals surface area contributed by atoms with E-state index in [9.17, 15) is 0 Å².